The quantitative estimate of drug-likeness (QED) is 0.750. The highest BCUT2D eigenvalue weighted by molar-refractivity contribution is 5.93. The van der Waals surface area contributed by atoms with Gasteiger partial charge in [-0.25, -0.2) is 9.97 Å². The SMILES string of the molecule is CN(C)Cc1ccccc1CNC(=O)c1ccc(-n2ccnc2)nc1. The predicted octanol–water partition coefficient (Wildman–Crippen LogP) is 2.26. The van der Waals surface area contributed by atoms with E-state index in [0.29, 0.717) is 12.1 Å². The van der Waals surface area contributed by atoms with E-state index in [0.717, 1.165) is 17.9 Å². The number of hydrogen-bond donors (Lipinski definition) is 1. The van der Waals surface area contributed by atoms with Gasteiger partial charge in [-0.3, -0.25) is 9.36 Å². The van der Waals surface area contributed by atoms with Crippen LogP contribution < -0.4 is 5.32 Å². The van der Waals surface area contributed by atoms with Gasteiger partial charge in [0, 0.05) is 31.7 Å². The Labute approximate surface area is 147 Å². The molecule has 0 bridgehead atoms. The first-order valence-corrected chi connectivity index (χ1v) is 8.07. The van der Waals surface area contributed by atoms with Crippen LogP contribution in [0.3, 0.4) is 0 Å². The molecule has 2 heterocycles. The number of carbonyl (C=O) groups excluding carboxylic acids is 1. The average Bonchev–Trinajstić information content (AvgIpc) is 3.15. The molecule has 0 saturated heterocycles. The third-order valence-corrected chi connectivity index (χ3v) is 3.82. The molecule has 0 aliphatic heterocycles. The Kier molecular flexibility index (Phi) is 5.20. The van der Waals surface area contributed by atoms with E-state index < -0.39 is 0 Å². The number of amides is 1. The number of imidazole rings is 1. The normalized spacial score (nSPS) is 10.8. The minimum absolute atomic E-state index is 0.135. The summed E-state index contributed by atoms with van der Waals surface area (Å²) in [6, 6.07) is 11.7. The van der Waals surface area contributed by atoms with Crippen LogP contribution in [-0.4, -0.2) is 39.4 Å². The van der Waals surface area contributed by atoms with E-state index >= 15 is 0 Å². The summed E-state index contributed by atoms with van der Waals surface area (Å²) in [6.07, 6.45) is 6.75. The van der Waals surface area contributed by atoms with Gasteiger partial charge in [-0.15, -0.1) is 0 Å². The van der Waals surface area contributed by atoms with E-state index in [1.165, 1.54) is 5.56 Å². The lowest BCUT2D eigenvalue weighted by atomic mass is 10.1. The summed E-state index contributed by atoms with van der Waals surface area (Å²) in [4.78, 5) is 22.8. The van der Waals surface area contributed by atoms with Gasteiger partial charge >= 0.3 is 0 Å². The van der Waals surface area contributed by atoms with Gasteiger partial charge in [0.25, 0.3) is 5.91 Å². The number of aromatic nitrogens is 3. The predicted molar refractivity (Wildman–Crippen MR) is 96.4 cm³/mol. The molecule has 0 atom stereocenters. The smallest absolute Gasteiger partial charge is 0.253 e. The lowest BCUT2D eigenvalue weighted by molar-refractivity contribution is 0.0950. The van der Waals surface area contributed by atoms with Crippen LogP contribution in [-0.2, 0) is 13.1 Å². The van der Waals surface area contributed by atoms with Crippen LogP contribution >= 0.6 is 0 Å². The van der Waals surface area contributed by atoms with Crippen molar-refractivity contribution < 1.29 is 4.79 Å². The molecule has 0 aliphatic rings. The Hall–Kier alpha value is -2.99. The zero-order valence-electron chi connectivity index (χ0n) is 14.4. The lowest BCUT2D eigenvalue weighted by Gasteiger charge is -2.14. The molecular weight excluding hydrogens is 314 g/mol. The molecule has 0 radical (unpaired) electrons. The van der Waals surface area contributed by atoms with Gasteiger partial charge in [-0.1, -0.05) is 24.3 Å². The topological polar surface area (TPSA) is 63.1 Å². The van der Waals surface area contributed by atoms with Crippen LogP contribution in [0.5, 0.6) is 0 Å². The fourth-order valence-electron chi connectivity index (χ4n) is 2.57. The minimum atomic E-state index is -0.135. The highest BCUT2D eigenvalue weighted by atomic mass is 16.1. The standard InChI is InChI=1S/C19H21N5O/c1-23(2)13-17-6-4-3-5-15(17)11-22-19(25)16-7-8-18(21-12-16)24-10-9-20-14-24/h3-10,12,14H,11,13H2,1-2H3,(H,22,25). The van der Waals surface area contributed by atoms with E-state index in [9.17, 15) is 4.79 Å². The van der Waals surface area contributed by atoms with Gasteiger partial charge in [0.2, 0.25) is 0 Å². The Bertz CT molecular complexity index is 825. The van der Waals surface area contributed by atoms with Crippen molar-refractivity contribution in [2.45, 2.75) is 13.1 Å². The lowest BCUT2D eigenvalue weighted by Crippen LogP contribution is -2.24. The van der Waals surface area contributed by atoms with Crippen molar-refractivity contribution in [3.8, 4) is 5.82 Å². The first-order valence-electron chi connectivity index (χ1n) is 8.07. The first kappa shape index (κ1) is 16.9. The maximum Gasteiger partial charge on any atom is 0.253 e. The molecule has 3 aromatic rings. The Morgan fingerprint density at radius 2 is 1.96 bits per heavy atom. The highest BCUT2D eigenvalue weighted by Crippen LogP contribution is 2.11. The molecule has 0 unspecified atom stereocenters. The Balaban J connectivity index is 1.65. The minimum Gasteiger partial charge on any atom is -0.348 e. The highest BCUT2D eigenvalue weighted by Gasteiger charge is 2.09. The molecule has 0 fully saturated rings. The second-order valence-corrected chi connectivity index (χ2v) is 6.06. The average molecular weight is 335 g/mol. The van der Waals surface area contributed by atoms with Crippen LogP contribution in [0.2, 0.25) is 0 Å². The van der Waals surface area contributed by atoms with Crippen molar-refractivity contribution in [1.29, 1.82) is 0 Å². The summed E-state index contributed by atoms with van der Waals surface area (Å²) in [6.45, 7) is 1.33. The molecule has 6 heteroatoms. The fraction of sp³-hybridized carbons (Fsp3) is 0.211. The number of nitrogens with one attached hydrogen (secondary N) is 1. The van der Waals surface area contributed by atoms with E-state index in [1.807, 2.05) is 38.5 Å². The molecule has 6 nitrogen and oxygen atoms in total. The largest absolute Gasteiger partial charge is 0.348 e. The van der Waals surface area contributed by atoms with Gasteiger partial charge < -0.3 is 10.2 Å². The van der Waals surface area contributed by atoms with Crippen molar-refractivity contribution in [3.05, 3.63) is 78.0 Å². The molecule has 2 aromatic heterocycles. The number of nitrogens with zero attached hydrogens (tertiary/aromatic N) is 4. The third kappa shape index (κ3) is 4.30. The maximum atomic E-state index is 12.4. The summed E-state index contributed by atoms with van der Waals surface area (Å²) < 4.78 is 1.79. The number of benzene rings is 1. The Morgan fingerprint density at radius 3 is 2.60 bits per heavy atom. The Morgan fingerprint density at radius 1 is 1.16 bits per heavy atom. The van der Waals surface area contributed by atoms with Gasteiger partial charge in [0.05, 0.1) is 5.56 Å². The molecule has 25 heavy (non-hydrogen) atoms. The molecule has 0 aliphatic carbocycles. The fourth-order valence-corrected chi connectivity index (χ4v) is 2.57. The first-order chi connectivity index (χ1) is 12.1. The molecule has 0 saturated carbocycles. The summed E-state index contributed by atoms with van der Waals surface area (Å²) in [5.41, 5.74) is 2.86. The van der Waals surface area contributed by atoms with Gasteiger partial charge in [-0.05, 0) is 37.4 Å². The van der Waals surface area contributed by atoms with Crippen LogP contribution in [0.15, 0.2) is 61.3 Å². The number of hydrogen-bond acceptors (Lipinski definition) is 4. The number of pyridine rings is 1. The number of carbonyl (C=O) groups is 1. The summed E-state index contributed by atoms with van der Waals surface area (Å²) in [7, 11) is 4.06. The van der Waals surface area contributed by atoms with E-state index in [4.69, 9.17) is 0 Å². The van der Waals surface area contributed by atoms with Crippen molar-refractivity contribution in [3.63, 3.8) is 0 Å². The van der Waals surface area contributed by atoms with Crippen LogP contribution in [0.25, 0.3) is 5.82 Å². The van der Waals surface area contributed by atoms with Crippen molar-refractivity contribution in [1.82, 2.24) is 24.8 Å². The summed E-state index contributed by atoms with van der Waals surface area (Å²) >= 11 is 0. The molecule has 128 valence electrons. The van der Waals surface area contributed by atoms with Crippen molar-refractivity contribution >= 4 is 5.91 Å². The van der Waals surface area contributed by atoms with Gasteiger partial charge in [-0.2, -0.15) is 0 Å². The van der Waals surface area contributed by atoms with Gasteiger partial charge in [0.15, 0.2) is 0 Å². The van der Waals surface area contributed by atoms with E-state index in [2.05, 4.69) is 26.3 Å². The van der Waals surface area contributed by atoms with Crippen molar-refractivity contribution in [2.24, 2.45) is 0 Å². The van der Waals surface area contributed by atoms with Crippen molar-refractivity contribution in [2.75, 3.05) is 14.1 Å². The maximum absolute atomic E-state index is 12.4. The van der Waals surface area contributed by atoms with Crippen LogP contribution in [0.1, 0.15) is 21.5 Å². The number of rotatable bonds is 6. The second kappa shape index (κ2) is 7.72. The molecular formula is C19H21N5O. The van der Waals surface area contributed by atoms with Crippen LogP contribution in [0.4, 0.5) is 0 Å². The summed E-state index contributed by atoms with van der Waals surface area (Å²) in [5, 5.41) is 2.97. The third-order valence-electron chi connectivity index (χ3n) is 3.82. The zero-order valence-corrected chi connectivity index (χ0v) is 14.4. The molecule has 0 spiro atoms. The van der Waals surface area contributed by atoms with Gasteiger partial charge in [0.1, 0.15) is 12.1 Å². The molecule has 3 rings (SSSR count). The summed E-state index contributed by atoms with van der Waals surface area (Å²) in [5.74, 6) is 0.592. The molecule has 1 N–H and O–H groups in total. The zero-order chi connectivity index (χ0) is 17.6. The second-order valence-electron chi connectivity index (χ2n) is 6.06. The molecule has 1 aromatic carbocycles. The monoisotopic (exact) mass is 335 g/mol. The van der Waals surface area contributed by atoms with Crippen LogP contribution in [0, 0.1) is 0 Å². The van der Waals surface area contributed by atoms with E-state index in [-0.39, 0.29) is 5.91 Å². The van der Waals surface area contributed by atoms with E-state index in [1.54, 1.807) is 35.4 Å². The molecule has 1 amide bonds.